The third kappa shape index (κ3) is 5.48. The molecule has 1 heterocycles. The first-order valence-corrected chi connectivity index (χ1v) is 22.2. The number of fused-ring (bicyclic) bond motifs is 9. The van der Waals surface area contributed by atoms with Gasteiger partial charge >= 0.3 is 0 Å². The number of benzene rings is 8. The molecule has 0 amide bonds. The molecule has 0 N–H and O–H groups in total. The summed E-state index contributed by atoms with van der Waals surface area (Å²) in [5.74, 6) is 0. The molecule has 2 nitrogen and oxygen atoms in total. The third-order valence-corrected chi connectivity index (χ3v) is 14.0. The minimum atomic E-state index is -0.532. The molecule has 0 spiro atoms. The highest BCUT2D eigenvalue weighted by molar-refractivity contribution is 6.14. The smallest absolute Gasteiger partial charge is 0.139 e. The highest BCUT2D eigenvalue weighted by Crippen LogP contribution is 2.57. The van der Waals surface area contributed by atoms with Crippen LogP contribution in [0.5, 0.6) is 0 Å². The van der Waals surface area contributed by atoms with E-state index in [1.807, 2.05) is 0 Å². The lowest BCUT2D eigenvalue weighted by atomic mass is 9.67. The molecule has 0 unspecified atom stereocenters. The van der Waals surface area contributed by atoms with Gasteiger partial charge in [-0.15, -0.1) is 0 Å². The highest BCUT2D eigenvalue weighted by Gasteiger charge is 2.46. The number of nitrogens with zero attached hydrogens (tertiary/aromatic N) is 1. The number of hydrogen-bond acceptors (Lipinski definition) is 2. The van der Waals surface area contributed by atoms with E-state index in [9.17, 15) is 0 Å². The van der Waals surface area contributed by atoms with Crippen LogP contribution in [0.2, 0.25) is 0 Å². The molecule has 0 aliphatic heterocycles. The van der Waals surface area contributed by atoms with Crippen LogP contribution in [0.4, 0.5) is 17.1 Å². The topological polar surface area (TPSA) is 16.4 Å². The Morgan fingerprint density at radius 3 is 1.68 bits per heavy atom. The molecule has 0 atom stereocenters. The van der Waals surface area contributed by atoms with Gasteiger partial charge in [0.05, 0.1) is 16.5 Å². The van der Waals surface area contributed by atoms with Gasteiger partial charge in [-0.1, -0.05) is 189 Å². The Balaban J connectivity index is 1.23. The minimum Gasteiger partial charge on any atom is -0.456 e. The van der Waals surface area contributed by atoms with Crippen LogP contribution < -0.4 is 4.90 Å². The van der Waals surface area contributed by atoms with E-state index in [1.165, 1.54) is 66.8 Å². The van der Waals surface area contributed by atoms with E-state index < -0.39 is 5.41 Å². The molecule has 8 aromatic carbocycles. The average Bonchev–Trinajstić information content (AvgIpc) is 3.88. The number of furan rings is 1. The summed E-state index contributed by atoms with van der Waals surface area (Å²) in [5, 5.41) is 2.28. The van der Waals surface area contributed by atoms with Crippen LogP contribution in [0, 0.1) is 0 Å². The Hall–Kier alpha value is -6.64. The van der Waals surface area contributed by atoms with Gasteiger partial charge in [0.25, 0.3) is 0 Å². The lowest BCUT2D eigenvalue weighted by Gasteiger charge is -2.35. The molecule has 9 aromatic rings. The second kappa shape index (κ2) is 13.4. The first-order valence-electron chi connectivity index (χ1n) is 22.2. The van der Waals surface area contributed by atoms with Crippen molar-refractivity contribution >= 4 is 39.0 Å². The predicted molar refractivity (Wildman–Crippen MR) is 261 cm³/mol. The van der Waals surface area contributed by atoms with Gasteiger partial charge < -0.3 is 9.32 Å². The van der Waals surface area contributed by atoms with Gasteiger partial charge in [0, 0.05) is 27.7 Å². The van der Waals surface area contributed by atoms with Gasteiger partial charge in [-0.2, -0.15) is 0 Å². The summed E-state index contributed by atoms with van der Waals surface area (Å²) in [4.78, 5) is 2.51. The van der Waals surface area contributed by atoms with E-state index in [0.29, 0.717) is 0 Å². The van der Waals surface area contributed by atoms with Gasteiger partial charge in [-0.3, -0.25) is 0 Å². The summed E-state index contributed by atoms with van der Waals surface area (Å²) in [6, 6.07) is 65.9. The van der Waals surface area contributed by atoms with Crippen molar-refractivity contribution in [2.45, 2.75) is 77.0 Å². The molecule has 62 heavy (non-hydrogen) atoms. The van der Waals surface area contributed by atoms with Crippen LogP contribution in [0.25, 0.3) is 44.2 Å². The van der Waals surface area contributed by atoms with Crippen LogP contribution in [-0.2, 0) is 21.7 Å². The van der Waals surface area contributed by atoms with Crippen LogP contribution in [0.1, 0.15) is 99.9 Å². The fourth-order valence-corrected chi connectivity index (χ4v) is 10.9. The third-order valence-electron chi connectivity index (χ3n) is 14.0. The molecule has 0 saturated carbocycles. The van der Waals surface area contributed by atoms with Crippen LogP contribution in [0.15, 0.2) is 180 Å². The number of hydrogen-bond donors (Lipinski definition) is 0. The Labute approximate surface area is 366 Å². The summed E-state index contributed by atoms with van der Waals surface area (Å²) < 4.78 is 7.02. The summed E-state index contributed by atoms with van der Waals surface area (Å²) in [6.45, 7) is 18.6. The van der Waals surface area contributed by atoms with Gasteiger partial charge in [-0.05, 0) is 114 Å². The van der Waals surface area contributed by atoms with Crippen molar-refractivity contribution in [3.05, 3.63) is 220 Å². The summed E-state index contributed by atoms with van der Waals surface area (Å²) in [6.07, 6.45) is 0. The van der Waals surface area contributed by atoms with Crippen molar-refractivity contribution in [1.82, 2.24) is 0 Å². The lowest BCUT2D eigenvalue weighted by Crippen LogP contribution is -2.28. The van der Waals surface area contributed by atoms with Gasteiger partial charge in [0.2, 0.25) is 0 Å². The monoisotopic (exact) mass is 803 g/mol. The Morgan fingerprint density at radius 2 is 1.02 bits per heavy atom. The maximum atomic E-state index is 7.02. The van der Waals surface area contributed by atoms with Gasteiger partial charge in [-0.25, -0.2) is 0 Å². The zero-order chi connectivity index (χ0) is 42.8. The van der Waals surface area contributed by atoms with Crippen molar-refractivity contribution in [3.8, 4) is 22.3 Å². The molecule has 0 bridgehead atoms. The fraction of sp³-hybridized carbons (Fsp3) is 0.200. The second-order valence-electron chi connectivity index (χ2n) is 20.1. The molecule has 11 rings (SSSR count). The van der Waals surface area contributed by atoms with E-state index in [1.54, 1.807) is 0 Å². The van der Waals surface area contributed by atoms with Crippen molar-refractivity contribution < 1.29 is 4.42 Å². The van der Waals surface area contributed by atoms with Gasteiger partial charge in [0.1, 0.15) is 11.2 Å². The standard InChI is InChI=1S/C60H53NO/c1-57(2,3)40-35-47-55-53(30-19-31-54(55)62-56(47)52(36-40)58(4,5)6)61(42-32-33-46-43-24-12-15-27-48(43)59(7,8)51(46)37-42)41-23-18-22-39(34-41)60(38-20-10-9-11-21-38)49-28-16-13-25-44(49)45-26-14-17-29-50(45)60/h9-37H,1-8H3. The molecule has 1 aromatic heterocycles. The SMILES string of the molecule is CC(C)(C)c1cc(C(C)(C)C)c2oc3cccc(N(c4cccc(C5(c6ccccc6)c6ccccc6-c6ccccc65)c4)c4ccc5c(c4)C(C)(C)c4ccccc4-5)c3c2c1. The van der Waals surface area contributed by atoms with E-state index in [4.69, 9.17) is 4.42 Å². The molecule has 2 heteroatoms. The van der Waals surface area contributed by atoms with Crippen molar-refractivity contribution in [3.63, 3.8) is 0 Å². The summed E-state index contributed by atoms with van der Waals surface area (Å²) in [7, 11) is 0. The van der Waals surface area contributed by atoms with Crippen molar-refractivity contribution in [1.29, 1.82) is 0 Å². The average molecular weight is 804 g/mol. The zero-order valence-electron chi connectivity index (χ0n) is 37.1. The molecule has 304 valence electrons. The first-order chi connectivity index (χ1) is 29.8. The molecule has 0 radical (unpaired) electrons. The molecular weight excluding hydrogens is 751 g/mol. The van der Waals surface area contributed by atoms with E-state index in [2.05, 4.69) is 236 Å². The highest BCUT2D eigenvalue weighted by atomic mass is 16.3. The van der Waals surface area contributed by atoms with Crippen LogP contribution in [-0.4, -0.2) is 0 Å². The predicted octanol–water partition coefficient (Wildman–Crippen LogP) is 16.3. The van der Waals surface area contributed by atoms with Crippen LogP contribution >= 0.6 is 0 Å². The first kappa shape index (κ1) is 38.3. The lowest BCUT2D eigenvalue weighted by molar-refractivity contribution is 0.559. The molecule has 0 fully saturated rings. The summed E-state index contributed by atoms with van der Waals surface area (Å²) in [5.41, 5.74) is 19.8. The minimum absolute atomic E-state index is 0.0546. The molecule has 2 aliphatic carbocycles. The Kier molecular flexibility index (Phi) is 8.29. The molecule has 2 aliphatic rings. The molecule has 0 saturated heterocycles. The Morgan fingerprint density at radius 1 is 0.452 bits per heavy atom. The van der Waals surface area contributed by atoms with Crippen molar-refractivity contribution in [2.75, 3.05) is 4.90 Å². The van der Waals surface area contributed by atoms with Crippen molar-refractivity contribution in [2.24, 2.45) is 0 Å². The number of rotatable bonds is 5. The fourth-order valence-electron chi connectivity index (χ4n) is 10.9. The maximum absolute atomic E-state index is 7.02. The van der Waals surface area contributed by atoms with Gasteiger partial charge in [0.15, 0.2) is 0 Å². The van der Waals surface area contributed by atoms with E-state index in [-0.39, 0.29) is 16.2 Å². The van der Waals surface area contributed by atoms with E-state index >= 15 is 0 Å². The largest absolute Gasteiger partial charge is 0.456 e. The quantitative estimate of drug-likeness (QED) is 0.172. The maximum Gasteiger partial charge on any atom is 0.139 e. The zero-order valence-corrected chi connectivity index (χ0v) is 37.1. The van der Waals surface area contributed by atoms with E-state index in [0.717, 1.165) is 39.0 Å². The summed E-state index contributed by atoms with van der Waals surface area (Å²) >= 11 is 0. The molecular formula is C60H53NO. The number of anilines is 3. The second-order valence-corrected chi connectivity index (χ2v) is 20.1. The Bertz CT molecular complexity index is 3190. The van der Waals surface area contributed by atoms with Crippen LogP contribution in [0.3, 0.4) is 0 Å². The normalized spacial score (nSPS) is 14.7.